The Morgan fingerprint density at radius 2 is 1.63 bits per heavy atom. The number of aliphatic hydroxyl groups excluding tert-OH is 1. The summed E-state index contributed by atoms with van der Waals surface area (Å²) in [5.74, 6) is 0.561. The number of aliphatic hydroxyl groups is 1. The third kappa shape index (κ3) is 4.46. The highest BCUT2D eigenvalue weighted by atomic mass is 16.3. The molecule has 140 valence electrons. The number of nitrogens with zero attached hydrogens (tertiary/aromatic N) is 3. The fourth-order valence-corrected chi connectivity index (χ4v) is 4.08. The average molecular weight is 361 g/mol. The van der Waals surface area contributed by atoms with E-state index in [1.165, 1.54) is 16.7 Å². The summed E-state index contributed by atoms with van der Waals surface area (Å²) in [6, 6.07) is 18.8. The lowest BCUT2D eigenvalue weighted by atomic mass is 9.86. The molecule has 1 aromatic heterocycles. The number of likely N-dealkylation sites (tertiary alicyclic amines) is 1. The second-order valence-electron chi connectivity index (χ2n) is 7.44. The first-order chi connectivity index (χ1) is 13.3. The van der Waals surface area contributed by atoms with Gasteiger partial charge in [0.1, 0.15) is 0 Å². The first kappa shape index (κ1) is 18.0. The van der Waals surface area contributed by atoms with Crippen LogP contribution in [0.2, 0.25) is 0 Å². The van der Waals surface area contributed by atoms with Gasteiger partial charge in [0.15, 0.2) is 0 Å². The first-order valence-corrected chi connectivity index (χ1v) is 9.78. The molecule has 1 N–H and O–H groups in total. The number of aromatic nitrogens is 2. The van der Waals surface area contributed by atoms with Gasteiger partial charge in [0.05, 0.1) is 19.3 Å². The van der Waals surface area contributed by atoms with Crippen molar-refractivity contribution < 1.29 is 5.11 Å². The van der Waals surface area contributed by atoms with E-state index in [1.54, 1.807) is 0 Å². The Kier molecular flexibility index (Phi) is 5.66. The van der Waals surface area contributed by atoms with Crippen molar-refractivity contribution >= 4 is 0 Å². The van der Waals surface area contributed by atoms with E-state index in [9.17, 15) is 5.11 Å². The van der Waals surface area contributed by atoms with Gasteiger partial charge in [-0.25, -0.2) is 0 Å². The third-order valence-electron chi connectivity index (χ3n) is 5.53. The van der Waals surface area contributed by atoms with Crippen molar-refractivity contribution in [2.24, 2.45) is 0 Å². The molecule has 1 saturated heterocycles. The topological polar surface area (TPSA) is 41.3 Å². The lowest BCUT2D eigenvalue weighted by Crippen LogP contribution is -2.32. The largest absolute Gasteiger partial charge is 0.392 e. The van der Waals surface area contributed by atoms with E-state index >= 15 is 0 Å². The van der Waals surface area contributed by atoms with E-state index in [2.05, 4.69) is 52.6 Å². The monoisotopic (exact) mass is 361 g/mol. The van der Waals surface area contributed by atoms with Gasteiger partial charge in [0, 0.05) is 18.3 Å². The molecular formula is C23H27N3O. The molecule has 0 bridgehead atoms. The SMILES string of the molecule is OCc1ccccc1C1CCN(Cc2cnn(Cc3ccccc3)c2)CC1. The van der Waals surface area contributed by atoms with Crippen LogP contribution in [0.1, 0.15) is 41.0 Å². The summed E-state index contributed by atoms with van der Waals surface area (Å²) >= 11 is 0. The molecule has 3 aromatic rings. The maximum absolute atomic E-state index is 9.58. The van der Waals surface area contributed by atoms with Gasteiger partial charge in [-0.2, -0.15) is 5.10 Å². The summed E-state index contributed by atoms with van der Waals surface area (Å²) in [4.78, 5) is 2.52. The van der Waals surface area contributed by atoms with Gasteiger partial charge in [0.25, 0.3) is 0 Å². The molecule has 0 saturated carbocycles. The molecule has 0 radical (unpaired) electrons. The van der Waals surface area contributed by atoms with Crippen LogP contribution in [0.4, 0.5) is 0 Å². The molecule has 0 amide bonds. The van der Waals surface area contributed by atoms with Crippen LogP contribution >= 0.6 is 0 Å². The lowest BCUT2D eigenvalue weighted by molar-refractivity contribution is 0.203. The molecule has 4 nitrogen and oxygen atoms in total. The molecule has 0 atom stereocenters. The fraction of sp³-hybridized carbons (Fsp3) is 0.348. The predicted molar refractivity (Wildman–Crippen MR) is 107 cm³/mol. The Bertz CT molecular complexity index is 851. The highest BCUT2D eigenvalue weighted by Gasteiger charge is 2.22. The van der Waals surface area contributed by atoms with Crippen molar-refractivity contribution in [2.75, 3.05) is 13.1 Å². The second kappa shape index (κ2) is 8.51. The Labute approximate surface area is 161 Å². The Morgan fingerprint density at radius 1 is 0.889 bits per heavy atom. The van der Waals surface area contributed by atoms with Gasteiger partial charge in [-0.15, -0.1) is 0 Å². The number of benzene rings is 2. The van der Waals surface area contributed by atoms with Crippen molar-refractivity contribution in [1.82, 2.24) is 14.7 Å². The van der Waals surface area contributed by atoms with Crippen molar-refractivity contribution in [3.05, 3.63) is 89.2 Å². The first-order valence-electron chi connectivity index (χ1n) is 9.78. The van der Waals surface area contributed by atoms with Crippen LogP contribution in [0, 0.1) is 0 Å². The van der Waals surface area contributed by atoms with E-state index in [4.69, 9.17) is 0 Å². The van der Waals surface area contributed by atoms with Crippen LogP contribution in [0.15, 0.2) is 67.0 Å². The molecule has 0 spiro atoms. The molecule has 2 aromatic carbocycles. The van der Waals surface area contributed by atoms with Crippen LogP contribution in [0.3, 0.4) is 0 Å². The fourth-order valence-electron chi connectivity index (χ4n) is 4.08. The van der Waals surface area contributed by atoms with Crippen LogP contribution in [0.25, 0.3) is 0 Å². The molecule has 0 unspecified atom stereocenters. The van der Waals surface area contributed by atoms with Crippen molar-refractivity contribution in [2.45, 2.75) is 38.5 Å². The van der Waals surface area contributed by atoms with Crippen molar-refractivity contribution in [1.29, 1.82) is 0 Å². The van der Waals surface area contributed by atoms with Gasteiger partial charge in [-0.3, -0.25) is 9.58 Å². The number of hydrogen-bond acceptors (Lipinski definition) is 3. The molecule has 4 heteroatoms. The minimum absolute atomic E-state index is 0.136. The van der Waals surface area contributed by atoms with E-state index in [1.807, 2.05) is 29.1 Å². The summed E-state index contributed by atoms with van der Waals surface area (Å²) < 4.78 is 2.02. The van der Waals surface area contributed by atoms with Crippen LogP contribution < -0.4 is 0 Å². The number of hydrogen-bond donors (Lipinski definition) is 1. The van der Waals surface area contributed by atoms with E-state index in [0.717, 1.165) is 44.6 Å². The van der Waals surface area contributed by atoms with E-state index < -0.39 is 0 Å². The Balaban J connectivity index is 1.32. The minimum Gasteiger partial charge on any atom is -0.392 e. The van der Waals surface area contributed by atoms with Gasteiger partial charge in [0.2, 0.25) is 0 Å². The summed E-state index contributed by atoms with van der Waals surface area (Å²) in [6.45, 7) is 4.10. The van der Waals surface area contributed by atoms with Gasteiger partial charge >= 0.3 is 0 Å². The summed E-state index contributed by atoms with van der Waals surface area (Å²) in [5.41, 5.74) is 4.96. The normalized spacial score (nSPS) is 15.9. The zero-order valence-corrected chi connectivity index (χ0v) is 15.7. The zero-order valence-electron chi connectivity index (χ0n) is 15.7. The third-order valence-corrected chi connectivity index (χ3v) is 5.53. The summed E-state index contributed by atoms with van der Waals surface area (Å²) in [5, 5.41) is 14.1. The van der Waals surface area contributed by atoms with Crippen molar-refractivity contribution in [3.8, 4) is 0 Å². The second-order valence-corrected chi connectivity index (χ2v) is 7.44. The van der Waals surface area contributed by atoms with Crippen molar-refractivity contribution in [3.63, 3.8) is 0 Å². The van der Waals surface area contributed by atoms with Gasteiger partial charge in [-0.05, 0) is 48.5 Å². The van der Waals surface area contributed by atoms with E-state index in [-0.39, 0.29) is 6.61 Å². The number of rotatable bonds is 6. The number of piperidine rings is 1. The standard InChI is InChI=1S/C23H27N3O/c27-18-22-8-4-5-9-23(22)21-10-12-25(13-11-21)15-20-14-24-26(17-20)16-19-6-2-1-3-7-19/h1-9,14,17,21,27H,10-13,15-16,18H2. The molecule has 1 aliphatic rings. The Morgan fingerprint density at radius 3 is 2.41 bits per heavy atom. The lowest BCUT2D eigenvalue weighted by Gasteiger charge is -2.32. The maximum atomic E-state index is 9.58. The molecule has 2 heterocycles. The molecule has 4 rings (SSSR count). The average Bonchev–Trinajstić information content (AvgIpc) is 3.16. The molecular weight excluding hydrogens is 334 g/mol. The highest BCUT2D eigenvalue weighted by molar-refractivity contribution is 5.30. The predicted octanol–water partition coefficient (Wildman–Crippen LogP) is 3.80. The quantitative estimate of drug-likeness (QED) is 0.726. The Hall–Kier alpha value is -2.43. The van der Waals surface area contributed by atoms with Gasteiger partial charge in [-0.1, -0.05) is 54.6 Å². The molecule has 1 fully saturated rings. The van der Waals surface area contributed by atoms with Crippen LogP contribution in [-0.2, 0) is 19.7 Å². The van der Waals surface area contributed by atoms with E-state index in [0.29, 0.717) is 5.92 Å². The van der Waals surface area contributed by atoms with Crippen LogP contribution in [0.5, 0.6) is 0 Å². The summed E-state index contributed by atoms with van der Waals surface area (Å²) in [6.07, 6.45) is 6.46. The van der Waals surface area contributed by atoms with Gasteiger partial charge < -0.3 is 5.11 Å². The van der Waals surface area contributed by atoms with Crippen LogP contribution in [-0.4, -0.2) is 32.9 Å². The molecule has 0 aliphatic carbocycles. The molecule has 1 aliphatic heterocycles. The smallest absolute Gasteiger partial charge is 0.0684 e. The maximum Gasteiger partial charge on any atom is 0.0684 e. The highest BCUT2D eigenvalue weighted by Crippen LogP contribution is 2.30. The minimum atomic E-state index is 0.136. The summed E-state index contributed by atoms with van der Waals surface area (Å²) in [7, 11) is 0. The molecule has 27 heavy (non-hydrogen) atoms. The zero-order chi connectivity index (χ0) is 18.5.